The highest BCUT2D eigenvalue weighted by Crippen LogP contribution is 2.40. The molecule has 0 radical (unpaired) electrons. The number of H-pyrrole nitrogens is 1. The molecule has 122 valence electrons. The van der Waals surface area contributed by atoms with Crippen molar-refractivity contribution in [3.05, 3.63) is 44.9 Å². The highest BCUT2D eigenvalue weighted by atomic mass is 35.5. The van der Waals surface area contributed by atoms with Crippen LogP contribution in [0.1, 0.15) is 19.9 Å². The summed E-state index contributed by atoms with van der Waals surface area (Å²) in [5.41, 5.74) is 1.80. The summed E-state index contributed by atoms with van der Waals surface area (Å²) in [6, 6.07) is 4.59. The van der Waals surface area contributed by atoms with Crippen molar-refractivity contribution in [3.63, 3.8) is 0 Å². The first kappa shape index (κ1) is 15.3. The molecule has 4 aromatic rings. The number of hydrogen-bond donors (Lipinski definition) is 1. The first-order valence-corrected chi connectivity index (χ1v) is 8.51. The number of nitrogens with one attached hydrogen (secondary N) is 1. The highest BCUT2D eigenvalue weighted by Gasteiger charge is 2.22. The lowest BCUT2D eigenvalue weighted by atomic mass is 10.0. The number of pyridine rings is 1. The lowest BCUT2D eigenvalue weighted by molar-refractivity contribution is 0.547. The maximum Gasteiger partial charge on any atom is 0.306 e. The van der Waals surface area contributed by atoms with E-state index in [1.807, 2.05) is 13.8 Å². The summed E-state index contributed by atoms with van der Waals surface area (Å²) in [6.45, 7) is 3.95. The first-order valence-electron chi connectivity index (χ1n) is 7.31. The number of nitrogens with zero attached hydrogens (tertiary/aromatic N) is 3. The van der Waals surface area contributed by atoms with Gasteiger partial charge in [-0.25, -0.2) is 14.1 Å². The summed E-state index contributed by atoms with van der Waals surface area (Å²) in [5, 5.41) is 5.31. The third kappa shape index (κ3) is 2.16. The number of benzene rings is 1. The van der Waals surface area contributed by atoms with Gasteiger partial charge in [0.2, 0.25) is 0 Å². The Morgan fingerprint density at radius 2 is 2.12 bits per heavy atom. The van der Waals surface area contributed by atoms with Crippen molar-refractivity contribution < 1.29 is 4.39 Å². The number of fused-ring (bicyclic) bond motifs is 2. The molecule has 0 aliphatic carbocycles. The quantitative estimate of drug-likeness (QED) is 0.575. The Balaban J connectivity index is 2.25. The molecule has 24 heavy (non-hydrogen) atoms. The van der Waals surface area contributed by atoms with Gasteiger partial charge in [0, 0.05) is 22.6 Å². The third-order valence-electron chi connectivity index (χ3n) is 3.82. The number of halogens is 2. The fourth-order valence-electron chi connectivity index (χ4n) is 2.80. The SMILES string of the molecule is CC(C)n1ncc2c(-c3c(F)cccc3Cl)c3sc(=O)[nH]c3nc21. The van der Waals surface area contributed by atoms with Crippen LogP contribution in [-0.2, 0) is 0 Å². The molecule has 0 aliphatic heterocycles. The fourth-order valence-corrected chi connectivity index (χ4v) is 3.90. The van der Waals surface area contributed by atoms with E-state index in [1.165, 1.54) is 6.07 Å². The molecule has 1 aromatic carbocycles. The molecule has 0 fully saturated rings. The molecule has 0 unspecified atom stereocenters. The van der Waals surface area contributed by atoms with E-state index in [0.29, 0.717) is 26.9 Å². The van der Waals surface area contributed by atoms with Gasteiger partial charge < -0.3 is 0 Å². The normalized spacial score (nSPS) is 11.9. The van der Waals surface area contributed by atoms with Crippen LogP contribution in [0, 0.1) is 5.82 Å². The molecule has 0 saturated heterocycles. The molecule has 0 spiro atoms. The zero-order chi connectivity index (χ0) is 17.0. The molecule has 0 saturated carbocycles. The smallest absolute Gasteiger partial charge is 0.297 e. The maximum absolute atomic E-state index is 14.5. The molecule has 1 N–H and O–H groups in total. The minimum atomic E-state index is -0.450. The molecule has 0 atom stereocenters. The van der Waals surface area contributed by atoms with Gasteiger partial charge in [-0.1, -0.05) is 29.0 Å². The van der Waals surface area contributed by atoms with Gasteiger partial charge in [-0.05, 0) is 26.0 Å². The summed E-state index contributed by atoms with van der Waals surface area (Å²) in [4.78, 5) is 18.8. The first-order chi connectivity index (χ1) is 11.5. The number of hydrogen-bond acceptors (Lipinski definition) is 4. The van der Waals surface area contributed by atoms with Crippen LogP contribution in [0.4, 0.5) is 4.39 Å². The van der Waals surface area contributed by atoms with E-state index in [-0.39, 0.29) is 21.5 Å². The standard InChI is InChI=1S/C16H12ClFN4OS/c1-7(2)22-15-8(6-19-22)11(12-9(17)4-3-5-10(12)18)13-14(20-15)21-16(23)24-13/h3-7H,1-2H3,(H,20,21,23). The van der Waals surface area contributed by atoms with E-state index >= 15 is 0 Å². The minimum Gasteiger partial charge on any atom is -0.297 e. The van der Waals surface area contributed by atoms with Gasteiger partial charge in [0.05, 0.1) is 15.9 Å². The summed E-state index contributed by atoms with van der Waals surface area (Å²) < 4.78 is 16.9. The van der Waals surface area contributed by atoms with Gasteiger partial charge in [0.15, 0.2) is 11.3 Å². The number of thiazole rings is 1. The molecule has 0 amide bonds. The molecule has 0 bridgehead atoms. The second-order valence-corrected chi connectivity index (χ2v) is 7.09. The molecule has 3 heterocycles. The molecule has 5 nitrogen and oxygen atoms in total. The Bertz CT molecular complexity index is 1120. The number of rotatable bonds is 2. The van der Waals surface area contributed by atoms with Gasteiger partial charge in [0.1, 0.15) is 5.82 Å². The van der Waals surface area contributed by atoms with Crippen LogP contribution in [0.25, 0.3) is 32.5 Å². The lowest BCUT2D eigenvalue weighted by Crippen LogP contribution is -2.03. The van der Waals surface area contributed by atoms with Gasteiger partial charge >= 0.3 is 4.87 Å². The van der Waals surface area contributed by atoms with E-state index in [2.05, 4.69) is 15.1 Å². The van der Waals surface area contributed by atoms with E-state index in [4.69, 9.17) is 11.6 Å². The van der Waals surface area contributed by atoms with Crippen molar-refractivity contribution >= 4 is 44.3 Å². The third-order valence-corrected chi connectivity index (χ3v) is 5.02. The van der Waals surface area contributed by atoms with Gasteiger partial charge in [-0.15, -0.1) is 0 Å². The van der Waals surface area contributed by atoms with Crippen molar-refractivity contribution in [2.75, 3.05) is 0 Å². The van der Waals surface area contributed by atoms with Gasteiger partial charge in [0.25, 0.3) is 0 Å². The van der Waals surface area contributed by atoms with Gasteiger partial charge in [-0.2, -0.15) is 5.10 Å². The zero-order valence-corrected chi connectivity index (χ0v) is 14.4. The molecule has 4 rings (SSSR count). The molecule has 0 aliphatic rings. The molecular formula is C16H12ClFN4OS. The molecule has 3 aromatic heterocycles. The van der Waals surface area contributed by atoms with Crippen LogP contribution >= 0.6 is 22.9 Å². The molecule has 8 heteroatoms. The van der Waals surface area contributed by atoms with Crippen molar-refractivity contribution in [2.45, 2.75) is 19.9 Å². The van der Waals surface area contributed by atoms with Crippen molar-refractivity contribution in [3.8, 4) is 11.1 Å². The van der Waals surface area contributed by atoms with Crippen molar-refractivity contribution in [1.29, 1.82) is 0 Å². The summed E-state index contributed by atoms with van der Waals surface area (Å²) in [6.07, 6.45) is 1.64. The summed E-state index contributed by atoms with van der Waals surface area (Å²) in [5.74, 6) is -0.450. The van der Waals surface area contributed by atoms with Crippen molar-refractivity contribution in [1.82, 2.24) is 19.7 Å². The maximum atomic E-state index is 14.5. The molecular weight excluding hydrogens is 351 g/mol. The minimum absolute atomic E-state index is 0.0711. The monoisotopic (exact) mass is 362 g/mol. The van der Waals surface area contributed by atoms with Crippen LogP contribution in [0.15, 0.2) is 29.2 Å². The fraction of sp³-hybridized carbons (Fsp3) is 0.188. The second kappa shape index (κ2) is 5.39. The van der Waals surface area contributed by atoms with E-state index in [1.54, 1.807) is 23.0 Å². The Kier molecular flexibility index (Phi) is 3.43. The van der Waals surface area contributed by atoms with Crippen molar-refractivity contribution in [2.24, 2.45) is 0 Å². The van der Waals surface area contributed by atoms with E-state index in [0.717, 1.165) is 11.3 Å². The van der Waals surface area contributed by atoms with E-state index in [9.17, 15) is 9.18 Å². The van der Waals surface area contributed by atoms with Crippen LogP contribution in [0.5, 0.6) is 0 Å². The zero-order valence-electron chi connectivity index (χ0n) is 12.8. The Hall–Kier alpha value is -2.25. The number of aromatic nitrogens is 4. The highest BCUT2D eigenvalue weighted by molar-refractivity contribution is 7.17. The average Bonchev–Trinajstić information content (AvgIpc) is 3.08. The summed E-state index contributed by atoms with van der Waals surface area (Å²) in [7, 11) is 0. The van der Waals surface area contributed by atoms with Crippen LogP contribution in [-0.4, -0.2) is 19.7 Å². The Morgan fingerprint density at radius 3 is 2.83 bits per heavy atom. The predicted octanol–water partition coefficient (Wildman–Crippen LogP) is 4.37. The Labute approximate surface area is 144 Å². The van der Waals surface area contributed by atoms with Crippen LogP contribution in [0.3, 0.4) is 0 Å². The lowest BCUT2D eigenvalue weighted by Gasteiger charge is -2.10. The van der Waals surface area contributed by atoms with Gasteiger partial charge in [-0.3, -0.25) is 9.78 Å². The van der Waals surface area contributed by atoms with Crippen LogP contribution in [0.2, 0.25) is 5.02 Å². The van der Waals surface area contributed by atoms with E-state index < -0.39 is 5.82 Å². The topological polar surface area (TPSA) is 63.6 Å². The average molecular weight is 363 g/mol. The summed E-state index contributed by atoms with van der Waals surface area (Å²) >= 11 is 7.26. The predicted molar refractivity (Wildman–Crippen MR) is 94.3 cm³/mol. The van der Waals surface area contributed by atoms with Crippen LogP contribution < -0.4 is 4.87 Å². The second-order valence-electron chi connectivity index (χ2n) is 5.70. The Morgan fingerprint density at radius 1 is 1.33 bits per heavy atom. The number of aromatic amines is 1. The largest absolute Gasteiger partial charge is 0.306 e.